The molecule has 1 heterocycles. The Morgan fingerprint density at radius 3 is 2.36 bits per heavy atom. The van der Waals surface area contributed by atoms with Crippen molar-refractivity contribution in [2.24, 2.45) is 0 Å². The Labute approximate surface area is 165 Å². The Morgan fingerprint density at radius 2 is 1.79 bits per heavy atom. The molecule has 1 atom stereocenters. The first-order chi connectivity index (χ1) is 13.4. The van der Waals surface area contributed by atoms with Gasteiger partial charge < -0.3 is 20.3 Å². The molecule has 2 N–H and O–H groups in total. The van der Waals surface area contributed by atoms with Crippen LogP contribution in [-0.2, 0) is 14.6 Å². The molecule has 0 aromatic heterocycles. The molecular weight excluding hydrogens is 382 g/mol. The lowest BCUT2D eigenvalue weighted by Gasteiger charge is -2.34. The Kier molecular flexibility index (Phi) is 6.43. The molecule has 1 aromatic rings. The van der Waals surface area contributed by atoms with Gasteiger partial charge >= 0.3 is 6.03 Å². The fraction of sp³-hybridized carbons (Fsp3) is 0.579. The number of methoxy groups -OCH3 is 1. The Hall–Kier alpha value is -2.29. The summed E-state index contributed by atoms with van der Waals surface area (Å²) < 4.78 is 28.8. The van der Waals surface area contributed by atoms with E-state index in [0.29, 0.717) is 17.9 Å². The van der Waals surface area contributed by atoms with Gasteiger partial charge in [-0.25, -0.2) is 13.2 Å². The molecule has 0 bridgehead atoms. The maximum atomic E-state index is 12.8. The second-order valence-corrected chi connectivity index (χ2v) is 9.56. The van der Waals surface area contributed by atoms with E-state index >= 15 is 0 Å². The van der Waals surface area contributed by atoms with Gasteiger partial charge in [0, 0.05) is 17.8 Å². The molecule has 154 valence electrons. The van der Waals surface area contributed by atoms with E-state index in [0.717, 1.165) is 25.7 Å². The third kappa shape index (κ3) is 5.15. The number of hydrogen-bond acceptors (Lipinski definition) is 5. The molecule has 0 unspecified atom stereocenters. The van der Waals surface area contributed by atoms with E-state index in [-0.39, 0.29) is 36.0 Å². The fourth-order valence-corrected chi connectivity index (χ4v) is 5.69. The maximum absolute atomic E-state index is 12.8. The molecule has 2 fully saturated rings. The first kappa shape index (κ1) is 20.4. The quantitative estimate of drug-likeness (QED) is 0.745. The van der Waals surface area contributed by atoms with Gasteiger partial charge in [0.1, 0.15) is 5.75 Å². The van der Waals surface area contributed by atoms with Gasteiger partial charge in [0.05, 0.1) is 25.2 Å². The topological polar surface area (TPSA) is 105 Å². The van der Waals surface area contributed by atoms with Crippen molar-refractivity contribution in [2.45, 2.75) is 44.2 Å². The van der Waals surface area contributed by atoms with Gasteiger partial charge in [0.2, 0.25) is 5.91 Å². The molecule has 1 aliphatic heterocycles. The molecule has 9 heteroatoms. The molecular formula is C19H27N3O5S. The van der Waals surface area contributed by atoms with Gasteiger partial charge in [-0.3, -0.25) is 4.79 Å². The smallest absolute Gasteiger partial charge is 0.319 e. The van der Waals surface area contributed by atoms with E-state index < -0.39 is 15.9 Å². The zero-order valence-electron chi connectivity index (χ0n) is 16.0. The van der Waals surface area contributed by atoms with Crippen LogP contribution in [0.15, 0.2) is 24.3 Å². The van der Waals surface area contributed by atoms with E-state index in [4.69, 9.17) is 4.74 Å². The van der Waals surface area contributed by atoms with E-state index in [1.165, 1.54) is 0 Å². The Bertz CT molecular complexity index is 803. The Balaban J connectivity index is 1.57. The lowest BCUT2D eigenvalue weighted by atomic mass is 10.1. The van der Waals surface area contributed by atoms with Crippen LogP contribution in [0.1, 0.15) is 32.1 Å². The molecule has 8 nitrogen and oxygen atoms in total. The first-order valence-corrected chi connectivity index (χ1v) is 11.4. The van der Waals surface area contributed by atoms with Crippen LogP contribution in [0.2, 0.25) is 0 Å². The second-order valence-electron chi connectivity index (χ2n) is 7.33. The monoisotopic (exact) mass is 409 g/mol. The molecule has 1 saturated carbocycles. The number of nitrogens with zero attached hydrogens (tertiary/aromatic N) is 1. The largest absolute Gasteiger partial charge is 0.497 e. The lowest BCUT2D eigenvalue weighted by Crippen LogP contribution is -2.51. The number of nitrogens with one attached hydrogen (secondary N) is 2. The fourth-order valence-electron chi connectivity index (χ4n) is 3.98. The van der Waals surface area contributed by atoms with Gasteiger partial charge in [0.15, 0.2) is 9.84 Å². The SMILES string of the molecule is COc1ccc(NC(=O)NCC(=O)N(C2CCCC2)[C@@H]2CCS(=O)(=O)C2)cc1. The van der Waals surface area contributed by atoms with Crippen LogP contribution in [0.3, 0.4) is 0 Å². The molecule has 1 aliphatic carbocycles. The number of anilines is 1. The molecule has 1 aromatic carbocycles. The normalized spacial score (nSPS) is 21.2. The summed E-state index contributed by atoms with van der Waals surface area (Å²) in [6.45, 7) is -0.158. The average molecular weight is 410 g/mol. The summed E-state index contributed by atoms with van der Waals surface area (Å²) in [5, 5.41) is 5.25. The van der Waals surface area contributed by atoms with Crippen LogP contribution in [0.25, 0.3) is 0 Å². The van der Waals surface area contributed by atoms with E-state index in [1.807, 2.05) is 0 Å². The lowest BCUT2D eigenvalue weighted by molar-refractivity contribution is -0.134. The van der Waals surface area contributed by atoms with Gasteiger partial charge in [0.25, 0.3) is 0 Å². The number of amides is 3. The zero-order valence-corrected chi connectivity index (χ0v) is 16.8. The van der Waals surface area contributed by atoms with Crippen molar-refractivity contribution in [3.63, 3.8) is 0 Å². The van der Waals surface area contributed by atoms with Gasteiger partial charge in [-0.05, 0) is 43.5 Å². The van der Waals surface area contributed by atoms with Crippen LogP contribution in [0.5, 0.6) is 5.75 Å². The molecule has 3 amide bonds. The molecule has 1 saturated heterocycles. The first-order valence-electron chi connectivity index (χ1n) is 9.58. The van der Waals surface area contributed by atoms with Crippen molar-refractivity contribution < 1.29 is 22.7 Å². The number of benzene rings is 1. The molecule has 28 heavy (non-hydrogen) atoms. The number of urea groups is 1. The summed E-state index contributed by atoms with van der Waals surface area (Å²) in [5.41, 5.74) is 0.584. The highest BCUT2D eigenvalue weighted by Gasteiger charge is 2.38. The highest BCUT2D eigenvalue weighted by atomic mass is 32.2. The second kappa shape index (κ2) is 8.81. The third-order valence-corrected chi connectivity index (χ3v) is 7.11. The molecule has 3 rings (SSSR count). The Morgan fingerprint density at radius 1 is 1.11 bits per heavy atom. The number of sulfone groups is 1. The number of carbonyl (C=O) groups is 2. The van der Waals surface area contributed by atoms with E-state index in [1.54, 1.807) is 36.3 Å². The predicted octanol–water partition coefficient (Wildman–Crippen LogP) is 1.77. The summed E-state index contributed by atoms with van der Waals surface area (Å²) in [6, 6.07) is 6.16. The minimum atomic E-state index is -3.09. The van der Waals surface area contributed by atoms with Crippen LogP contribution in [-0.4, -0.2) is 62.5 Å². The third-order valence-electron chi connectivity index (χ3n) is 5.36. The van der Waals surface area contributed by atoms with Crippen molar-refractivity contribution >= 4 is 27.5 Å². The molecule has 0 radical (unpaired) electrons. The van der Waals surface area contributed by atoms with Crippen LogP contribution >= 0.6 is 0 Å². The standard InChI is InChI=1S/C19H27N3O5S/c1-27-17-8-6-14(7-9-17)21-19(24)20-12-18(23)22(15-4-2-3-5-15)16-10-11-28(25,26)13-16/h6-9,15-16H,2-5,10-13H2,1H3,(H2,20,21,24)/t16-/m1/s1. The van der Waals surface area contributed by atoms with Crippen molar-refractivity contribution in [3.8, 4) is 5.75 Å². The van der Waals surface area contributed by atoms with Gasteiger partial charge in [-0.15, -0.1) is 0 Å². The summed E-state index contributed by atoms with van der Waals surface area (Å²) in [5.74, 6) is 0.603. The molecule has 2 aliphatic rings. The number of carbonyl (C=O) groups excluding carboxylic acids is 2. The van der Waals surface area contributed by atoms with E-state index in [9.17, 15) is 18.0 Å². The summed E-state index contributed by atoms with van der Waals surface area (Å²) >= 11 is 0. The molecule has 0 spiro atoms. The number of rotatable bonds is 6. The summed E-state index contributed by atoms with van der Waals surface area (Å²) in [7, 11) is -1.52. The highest BCUT2D eigenvalue weighted by Crippen LogP contribution is 2.29. The van der Waals surface area contributed by atoms with Crippen LogP contribution in [0, 0.1) is 0 Å². The average Bonchev–Trinajstić information content (AvgIpc) is 3.31. The predicted molar refractivity (Wildman–Crippen MR) is 106 cm³/mol. The van der Waals surface area contributed by atoms with Gasteiger partial charge in [-0.2, -0.15) is 0 Å². The number of ether oxygens (including phenoxy) is 1. The van der Waals surface area contributed by atoms with Gasteiger partial charge in [-0.1, -0.05) is 12.8 Å². The maximum Gasteiger partial charge on any atom is 0.319 e. The van der Waals surface area contributed by atoms with Crippen LogP contribution < -0.4 is 15.4 Å². The van der Waals surface area contributed by atoms with Crippen molar-refractivity contribution in [2.75, 3.05) is 30.5 Å². The highest BCUT2D eigenvalue weighted by molar-refractivity contribution is 7.91. The minimum Gasteiger partial charge on any atom is -0.497 e. The summed E-state index contributed by atoms with van der Waals surface area (Å²) in [6.07, 6.45) is 4.34. The van der Waals surface area contributed by atoms with Crippen molar-refractivity contribution in [1.82, 2.24) is 10.2 Å². The zero-order chi connectivity index (χ0) is 20.1. The minimum absolute atomic E-state index is 0.0211. The van der Waals surface area contributed by atoms with Crippen molar-refractivity contribution in [1.29, 1.82) is 0 Å². The summed E-state index contributed by atoms with van der Waals surface area (Å²) in [4.78, 5) is 26.7. The van der Waals surface area contributed by atoms with Crippen molar-refractivity contribution in [3.05, 3.63) is 24.3 Å². The van der Waals surface area contributed by atoms with Crippen LogP contribution in [0.4, 0.5) is 10.5 Å². The number of hydrogen-bond donors (Lipinski definition) is 2. The van der Waals surface area contributed by atoms with E-state index in [2.05, 4.69) is 10.6 Å².